The standard InChI is InChI=1S/C23H35BrN2O3/c1-28-18-21-13-9-15-26(21)25-22(20-11-6-3-7-12-20)16-19(17-23(27)29-2)10-5-4-8-14-24/h3,6-7,11-12,19,21H,4-5,8-10,13-18H2,1-2H3/b25-22+/t19-,21+/m1/s1. The molecule has 5 nitrogen and oxygen atoms in total. The first-order valence-corrected chi connectivity index (χ1v) is 11.8. The van der Waals surface area contributed by atoms with E-state index >= 15 is 0 Å². The van der Waals surface area contributed by atoms with Gasteiger partial charge in [-0.1, -0.05) is 59.1 Å². The van der Waals surface area contributed by atoms with Crippen LogP contribution in [-0.2, 0) is 14.3 Å². The number of halogens is 1. The minimum Gasteiger partial charge on any atom is -0.469 e. The van der Waals surface area contributed by atoms with Gasteiger partial charge in [-0.3, -0.25) is 9.80 Å². The van der Waals surface area contributed by atoms with Gasteiger partial charge in [0.05, 0.1) is 25.5 Å². The number of esters is 1. The third-order valence-corrected chi connectivity index (χ3v) is 6.03. The molecule has 0 amide bonds. The van der Waals surface area contributed by atoms with E-state index in [1.54, 1.807) is 7.11 Å². The number of benzene rings is 1. The summed E-state index contributed by atoms with van der Waals surface area (Å²) >= 11 is 3.50. The number of ether oxygens (including phenoxy) is 2. The summed E-state index contributed by atoms with van der Waals surface area (Å²) < 4.78 is 10.4. The molecule has 1 fully saturated rings. The summed E-state index contributed by atoms with van der Waals surface area (Å²) in [5.74, 6) is 0.0987. The molecule has 0 aromatic heterocycles. The third-order valence-electron chi connectivity index (χ3n) is 5.47. The fourth-order valence-electron chi connectivity index (χ4n) is 3.89. The predicted molar refractivity (Wildman–Crippen MR) is 122 cm³/mol. The first-order valence-electron chi connectivity index (χ1n) is 10.7. The highest BCUT2D eigenvalue weighted by molar-refractivity contribution is 9.09. The average molecular weight is 467 g/mol. The van der Waals surface area contributed by atoms with Crippen LogP contribution in [0.25, 0.3) is 0 Å². The molecule has 0 spiro atoms. The Morgan fingerprint density at radius 2 is 2.00 bits per heavy atom. The molecule has 2 atom stereocenters. The highest BCUT2D eigenvalue weighted by atomic mass is 79.9. The molecular weight excluding hydrogens is 432 g/mol. The number of alkyl halides is 1. The fourth-order valence-corrected chi connectivity index (χ4v) is 4.29. The van der Waals surface area contributed by atoms with E-state index in [1.807, 2.05) is 18.2 Å². The van der Waals surface area contributed by atoms with Crippen LogP contribution in [0.3, 0.4) is 0 Å². The van der Waals surface area contributed by atoms with Gasteiger partial charge in [-0.05, 0) is 43.6 Å². The van der Waals surface area contributed by atoms with E-state index in [0.29, 0.717) is 19.1 Å². The molecule has 1 aromatic rings. The van der Waals surface area contributed by atoms with E-state index in [-0.39, 0.29) is 11.9 Å². The Kier molecular flexibility index (Phi) is 11.3. The second kappa shape index (κ2) is 13.8. The molecule has 162 valence electrons. The Bertz CT molecular complexity index is 624. The molecular formula is C23H35BrN2O3. The molecule has 29 heavy (non-hydrogen) atoms. The molecule has 0 radical (unpaired) electrons. The predicted octanol–water partition coefficient (Wildman–Crippen LogP) is 5.03. The van der Waals surface area contributed by atoms with Crippen molar-refractivity contribution in [2.75, 3.05) is 32.7 Å². The van der Waals surface area contributed by atoms with Crippen LogP contribution in [0.1, 0.15) is 56.9 Å². The fraction of sp³-hybridized carbons (Fsp3) is 0.652. The summed E-state index contributed by atoms with van der Waals surface area (Å²) in [5, 5.41) is 8.29. The van der Waals surface area contributed by atoms with Crippen LogP contribution in [0.15, 0.2) is 35.4 Å². The van der Waals surface area contributed by atoms with E-state index in [0.717, 1.165) is 61.7 Å². The third kappa shape index (κ3) is 8.47. The first kappa shape index (κ1) is 23.9. The monoisotopic (exact) mass is 466 g/mol. The maximum atomic E-state index is 12.0. The summed E-state index contributed by atoms with van der Waals surface area (Å²) in [5.41, 5.74) is 2.19. The summed E-state index contributed by atoms with van der Waals surface area (Å²) in [6.45, 7) is 1.65. The van der Waals surface area contributed by atoms with Crippen molar-refractivity contribution in [3.63, 3.8) is 0 Å². The lowest BCUT2D eigenvalue weighted by atomic mass is 9.90. The van der Waals surface area contributed by atoms with Crippen LogP contribution in [-0.4, -0.2) is 55.4 Å². The van der Waals surface area contributed by atoms with Gasteiger partial charge in [-0.25, -0.2) is 0 Å². The lowest BCUT2D eigenvalue weighted by molar-refractivity contribution is -0.141. The van der Waals surface area contributed by atoms with Crippen molar-refractivity contribution in [3.05, 3.63) is 35.9 Å². The van der Waals surface area contributed by atoms with Gasteiger partial charge in [0, 0.05) is 25.4 Å². The highest BCUT2D eigenvalue weighted by Gasteiger charge is 2.25. The minimum absolute atomic E-state index is 0.138. The van der Waals surface area contributed by atoms with Crippen molar-refractivity contribution >= 4 is 27.6 Å². The topological polar surface area (TPSA) is 51.1 Å². The van der Waals surface area contributed by atoms with Gasteiger partial charge in [0.15, 0.2) is 0 Å². The molecule has 2 rings (SSSR count). The van der Waals surface area contributed by atoms with Crippen LogP contribution in [0, 0.1) is 5.92 Å². The molecule has 1 aromatic carbocycles. The number of hydrazone groups is 1. The second-order valence-corrected chi connectivity index (χ2v) is 8.51. The molecule has 1 heterocycles. The number of carbonyl (C=O) groups is 1. The molecule has 1 saturated heterocycles. The lowest BCUT2D eigenvalue weighted by Crippen LogP contribution is -2.30. The van der Waals surface area contributed by atoms with E-state index in [9.17, 15) is 4.79 Å². The van der Waals surface area contributed by atoms with Crippen molar-refractivity contribution in [2.24, 2.45) is 11.0 Å². The quantitative estimate of drug-likeness (QED) is 0.177. The molecule has 0 aliphatic carbocycles. The Hall–Kier alpha value is -1.40. The van der Waals surface area contributed by atoms with Crippen LogP contribution in [0.2, 0.25) is 0 Å². The van der Waals surface area contributed by atoms with Crippen molar-refractivity contribution in [3.8, 4) is 0 Å². The summed E-state index contributed by atoms with van der Waals surface area (Å²) in [6.07, 6.45) is 7.93. The average Bonchev–Trinajstić information content (AvgIpc) is 3.18. The van der Waals surface area contributed by atoms with Gasteiger partial charge in [-0.15, -0.1) is 0 Å². The molecule has 0 saturated carbocycles. The van der Waals surface area contributed by atoms with Crippen LogP contribution in [0.4, 0.5) is 0 Å². The van der Waals surface area contributed by atoms with Crippen molar-refractivity contribution in [1.29, 1.82) is 0 Å². The van der Waals surface area contributed by atoms with Crippen LogP contribution >= 0.6 is 15.9 Å². The van der Waals surface area contributed by atoms with Gasteiger partial charge in [0.25, 0.3) is 0 Å². The van der Waals surface area contributed by atoms with Crippen LogP contribution in [0.5, 0.6) is 0 Å². The van der Waals surface area contributed by atoms with Crippen molar-refractivity contribution in [2.45, 2.75) is 57.4 Å². The van der Waals surface area contributed by atoms with E-state index < -0.39 is 0 Å². The largest absolute Gasteiger partial charge is 0.469 e. The van der Waals surface area contributed by atoms with Crippen molar-refractivity contribution < 1.29 is 14.3 Å². The number of hydrogen-bond acceptors (Lipinski definition) is 5. The summed E-state index contributed by atoms with van der Waals surface area (Å²) in [4.78, 5) is 12.0. The smallest absolute Gasteiger partial charge is 0.305 e. The molecule has 0 bridgehead atoms. The van der Waals surface area contributed by atoms with Crippen molar-refractivity contribution in [1.82, 2.24) is 5.01 Å². The SMILES string of the molecule is COC[C@@H]1CCCN1/N=C(\C[C@@H](CCCCCBr)CC(=O)OC)c1ccccc1. The van der Waals surface area contributed by atoms with E-state index in [1.165, 1.54) is 13.5 Å². The normalized spacial score (nSPS) is 18.1. The number of unbranched alkanes of at least 4 members (excludes halogenated alkanes) is 2. The molecule has 1 aliphatic rings. The maximum Gasteiger partial charge on any atom is 0.305 e. The maximum absolute atomic E-state index is 12.0. The summed E-state index contributed by atoms with van der Waals surface area (Å²) in [7, 11) is 3.22. The van der Waals surface area contributed by atoms with E-state index in [4.69, 9.17) is 14.6 Å². The zero-order chi connectivity index (χ0) is 20.9. The second-order valence-electron chi connectivity index (χ2n) is 7.72. The van der Waals surface area contributed by atoms with Gasteiger partial charge in [0.2, 0.25) is 0 Å². The van der Waals surface area contributed by atoms with Crippen LogP contribution < -0.4 is 0 Å². The van der Waals surface area contributed by atoms with Gasteiger partial charge in [-0.2, -0.15) is 5.10 Å². The molecule has 0 unspecified atom stereocenters. The Balaban J connectivity index is 2.18. The zero-order valence-corrected chi connectivity index (χ0v) is 19.4. The number of rotatable bonds is 13. The molecule has 1 aliphatic heterocycles. The van der Waals surface area contributed by atoms with Gasteiger partial charge in [0.1, 0.15) is 0 Å². The Morgan fingerprint density at radius 1 is 1.21 bits per heavy atom. The molecule has 0 N–H and O–H groups in total. The number of nitrogens with zero attached hydrogens (tertiary/aromatic N) is 2. The first-order chi connectivity index (χ1) is 14.2. The zero-order valence-electron chi connectivity index (χ0n) is 17.8. The highest BCUT2D eigenvalue weighted by Crippen LogP contribution is 2.24. The number of carbonyl (C=O) groups excluding carboxylic acids is 1. The number of hydrogen-bond donors (Lipinski definition) is 0. The van der Waals surface area contributed by atoms with E-state index in [2.05, 4.69) is 33.1 Å². The Labute approximate surface area is 184 Å². The summed E-state index contributed by atoms with van der Waals surface area (Å²) in [6, 6.07) is 10.7. The molecule has 6 heteroatoms. The number of methoxy groups -OCH3 is 2. The minimum atomic E-state index is -0.138. The lowest BCUT2D eigenvalue weighted by Gasteiger charge is -2.24. The van der Waals surface area contributed by atoms with Gasteiger partial charge < -0.3 is 9.47 Å². The van der Waals surface area contributed by atoms with Gasteiger partial charge >= 0.3 is 5.97 Å². The Morgan fingerprint density at radius 3 is 2.69 bits per heavy atom.